The fraction of sp³-hybridized carbons (Fsp3) is 0.308. The predicted octanol–water partition coefficient (Wildman–Crippen LogP) is 2.24. The Morgan fingerprint density at radius 3 is 2.63 bits per heavy atom. The zero-order chi connectivity index (χ0) is 14.1. The van der Waals surface area contributed by atoms with Crippen molar-refractivity contribution in [2.24, 2.45) is 0 Å². The summed E-state index contributed by atoms with van der Waals surface area (Å²) in [5, 5.41) is 1.38. The maximum absolute atomic E-state index is 12.2. The van der Waals surface area contributed by atoms with Gasteiger partial charge in [-0.05, 0) is 32.9 Å². The van der Waals surface area contributed by atoms with E-state index in [-0.39, 0.29) is 4.90 Å². The van der Waals surface area contributed by atoms with Gasteiger partial charge in [0.25, 0.3) is 10.0 Å². The Morgan fingerprint density at radius 2 is 1.95 bits per heavy atom. The second-order valence-electron chi connectivity index (χ2n) is 5.15. The zero-order valence-electron chi connectivity index (χ0n) is 11.0. The molecule has 2 rings (SSSR count). The van der Waals surface area contributed by atoms with Crippen LogP contribution in [0.4, 0.5) is 0 Å². The molecule has 0 atom stereocenters. The summed E-state index contributed by atoms with van der Waals surface area (Å²) in [4.78, 5) is 11.5. The highest BCUT2D eigenvalue weighted by atomic mass is 32.2. The Bertz CT molecular complexity index is 685. The van der Waals surface area contributed by atoms with E-state index >= 15 is 0 Å². The van der Waals surface area contributed by atoms with Gasteiger partial charge in [-0.1, -0.05) is 17.0 Å². The minimum Gasteiger partial charge on any atom is -0.281 e. The lowest BCUT2D eigenvalue weighted by atomic mass is 10.2. The van der Waals surface area contributed by atoms with Crippen LogP contribution >= 0.6 is 0 Å². The second kappa shape index (κ2) is 4.88. The summed E-state index contributed by atoms with van der Waals surface area (Å²) < 4.78 is 24.5. The van der Waals surface area contributed by atoms with Crippen molar-refractivity contribution in [3.05, 3.63) is 36.7 Å². The highest BCUT2D eigenvalue weighted by molar-refractivity contribution is 7.89. The van der Waals surface area contributed by atoms with Gasteiger partial charge in [-0.25, -0.2) is 8.42 Å². The molecule has 19 heavy (non-hydrogen) atoms. The fourth-order valence-electron chi connectivity index (χ4n) is 1.55. The van der Waals surface area contributed by atoms with Gasteiger partial charge in [0.1, 0.15) is 0 Å². The molecule has 0 spiro atoms. The smallest absolute Gasteiger partial charge is 0.263 e. The molecular weight excluding hydrogens is 264 g/mol. The third-order valence-corrected chi connectivity index (χ3v) is 3.63. The van der Waals surface area contributed by atoms with Crippen LogP contribution in [0.15, 0.2) is 41.6 Å². The first kappa shape index (κ1) is 13.9. The van der Waals surface area contributed by atoms with Crippen molar-refractivity contribution < 1.29 is 13.3 Å². The van der Waals surface area contributed by atoms with Crippen molar-refractivity contribution in [3.63, 3.8) is 0 Å². The van der Waals surface area contributed by atoms with E-state index in [0.717, 1.165) is 5.39 Å². The van der Waals surface area contributed by atoms with E-state index in [9.17, 15) is 8.42 Å². The standard InChI is InChI=1S/C13H16N2O3S/c1-13(2,3)18-15-19(16,17)12-6-4-5-10-9-14-8-7-11(10)12/h4-9,15H,1-3H3. The molecule has 1 heterocycles. The molecule has 1 aromatic carbocycles. The van der Waals surface area contributed by atoms with Gasteiger partial charge in [0.15, 0.2) is 0 Å². The summed E-state index contributed by atoms with van der Waals surface area (Å²) in [7, 11) is -3.72. The molecule has 0 saturated carbocycles. The van der Waals surface area contributed by atoms with Gasteiger partial charge in [0, 0.05) is 23.2 Å². The van der Waals surface area contributed by atoms with Crippen LogP contribution in [-0.4, -0.2) is 19.0 Å². The highest BCUT2D eigenvalue weighted by Gasteiger charge is 2.21. The maximum atomic E-state index is 12.2. The molecule has 102 valence electrons. The number of fused-ring (bicyclic) bond motifs is 1. The van der Waals surface area contributed by atoms with Crippen LogP contribution in [-0.2, 0) is 14.9 Å². The summed E-state index contributed by atoms with van der Waals surface area (Å²) in [6.07, 6.45) is 3.19. The van der Waals surface area contributed by atoms with Crippen LogP contribution in [0, 0.1) is 0 Å². The van der Waals surface area contributed by atoms with Crippen molar-refractivity contribution in [1.29, 1.82) is 0 Å². The van der Waals surface area contributed by atoms with Crippen molar-refractivity contribution in [2.45, 2.75) is 31.3 Å². The van der Waals surface area contributed by atoms with E-state index in [0.29, 0.717) is 5.39 Å². The van der Waals surface area contributed by atoms with Gasteiger partial charge in [-0.15, -0.1) is 0 Å². The number of nitrogens with one attached hydrogen (secondary N) is 1. The Morgan fingerprint density at radius 1 is 1.21 bits per heavy atom. The van der Waals surface area contributed by atoms with Crippen molar-refractivity contribution in [3.8, 4) is 0 Å². The van der Waals surface area contributed by atoms with Crippen LogP contribution in [0.1, 0.15) is 20.8 Å². The van der Waals surface area contributed by atoms with Gasteiger partial charge < -0.3 is 0 Å². The monoisotopic (exact) mass is 280 g/mol. The van der Waals surface area contributed by atoms with Gasteiger partial charge in [-0.3, -0.25) is 9.82 Å². The second-order valence-corrected chi connectivity index (χ2v) is 6.77. The molecule has 6 heteroatoms. The van der Waals surface area contributed by atoms with Crippen molar-refractivity contribution >= 4 is 20.8 Å². The SMILES string of the molecule is CC(C)(C)ONS(=O)(=O)c1cccc2cnccc12. The predicted molar refractivity (Wildman–Crippen MR) is 72.9 cm³/mol. The van der Waals surface area contributed by atoms with E-state index in [1.54, 1.807) is 45.3 Å². The van der Waals surface area contributed by atoms with E-state index in [1.165, 1.54) is 6.07 Å². The number of aromatic nitrogens is 1. The van der Waals surface area contributed by atoms with Crippen LogP contribution in [0.2, 0.25) is 0 Å². The minimum atomic E-state index is -3.72. The first-order valence-electron chi connectivity index (χ1n) is 5.82. The Labute approximate surface area is 112 Å². The third-order valence-electron chi connectivity index (χ3n) is 2.39. The average molecular weight is 280 g/mol. The largest absolute Gasteiger partial charge is 0.281 e. The number of hydrogen-bond acceptors (Lipinski definition) is 4. The van der Waals surface area contributed by atoms with Crippen LogP contribution in [0.3, 0.4) is 0 Å². The van der Waals surface area contributed by atoms with E-state index in [2.05, 4.69) is 9.87 Å². The Hall–Kier alpha value is -1.50. The van der Waals surface area contributed by atoms with E-state index in [4.69, 9.17) is 4.84 Å². The molecule has 2 aromatic rings. The number of nitrogens with zero attached hydrogens (tertiary/aromatic N) is 1. The van der Waals surface area contributed by atoms with E-state index in [1.807, 2.05) is 6.07 Å². The minimum absolute atomic E-state index is 0.177. The molecule has 1 N–H and O–H groups in total. The molecule has 0 amide bonds. The first-order chi connectivity index (χ1) is 8.80. The Balaban J connectivity index is 2.44. The van der Waals surface area contributed by atoms with Crippen LogP contribution < -0.4 is 4.89 Å². The summed E-state index contributed by atoms with van der Waals surface area (Å²) >= 11 is 0. The molecule has 0 fully saturated rings. The molecule has 0 bridgehead atoms. The average Bonchev–Trinajstić information content (AvgIpc) is 2.35. The molecule has 0 radical (unpaired) electrons. The van der Waals surface area contributed by atoms with Crippen molar-refractivity contribution in [2.75, 3.05) is 0 Å². The quantitative estimate of drug-likeness (QED) is 0.875. The summed E-state index contributed by atoms with van der Waals surface area (Å²) in [6.45, 7) is 5.30. The Kier molecular flexibility index (Phi) is 3.58. The molecule has 0 aliphatic heterocycles. The lowest BCUT2D eigenvalue weighted by molar-refractivity contribution is -0.0357. The molecule has 5 nitrogen and oxygen atoms in total. The summed E-state index contributed by atoms with van der Waals surface area (Å²) in [5.41, 5.74) is -0.598. The zero-order valence-corrected chi connectivity index (χ0v) is 11.9. The lowest BCUT2D eigenvalue weighted by Gasteiger charge is -2.19. The third kappa shape index (κ3) is 3.28. The molecular formula is C13H16N2O3S. The van der Waals surface area contributed by atoms with Gasteiger partial charge in [-0.2, -0.15) is 0 Å². The van der Waals surface area contributed by atoms with Gasteiger partial charge in [0.2, 0.25) is 0 Å². The molecule has 1 aromatic heterocycles. The number of hydrogen-bond donors (Lipinski definition) is 1. The number of sulfonamides is 1. The number of benzene rings is 1. The molecule has 0 saturated heterocycles. The normalized spacial score (nSPS) is 12.8. The molecule has 0 aliphatic rings. The number of rotatable bonds is 3. The van der Waals surface area contributed by atoms with Gasteiger partial charge >= 0.3 is 0 Å². The molecule has 0 unspecified atom stereocenters. The summed E-state index contributed by atoms with van der Waals surface area (Å²) in [5.74, 6) is 0. The topological polar surface area (TPSA) is 68.3 Å². The lowest BCUT2D eigenvalue weighted by Crippen LogP contribution is -2.33. The maximum Gasteiger partial charge on any atom is 0.263 e. The van der Waals surface area contributed by atoms with Crippen LogP contribution in [0.5, 0.6) is 0 Å². The van der Waals surface area contributed by atoms with E-state index < -0.39 is 15.6 Å². The van der Waals surface area contributed by atoms with Gasteiger partial charge in [0.05, 0.1) is 10.5 Å². The summed E-state index contributed by atoms with van der Waals surface area (Å²) in [6, 6.07) is 6.69. The highest BCUT2D eigenvalue weighted by Crippen LogP contribution is 2.22. The van der Waals surface area contributed by atoms with Crippen molar-refractivity contribution in [1.82, 2.24) is 9.87 Å². The fourth-order valence-corrected chi connectivity index (χ4v) is 2.73. The first-order valence-corrected chi connectivity index (χ1v) is 7.30. The number of pyridine rings is 1. The van der Waals surface area contributed by atoms with Crippen LogP contribution in [0.25, 0.3) is 10.8 Å². The molecule has 0 aliphatic carbocycles.